The number of methoxy groups -OCH3 is 1. The highest BCUT2D eigenvalue weighted by atomic mass is 35.5. The highest BCUT2D eigenvalue weighted by molar-refractivity contribution is 6.30. The fourth-order valence-corrected chi connectivity index (χ4v) is 1.62. The summed E-state index contributed by atoms with van der Waals surface area (Å²) in [6, 6.07) is 6.52. The minimum Gasteiger partial charge on any atom is -0.481 e. The third-order valence-corrected chi connectivity index (χ3v) is 2.94. The maximum Gasteiger partial charge on any atom is 0.315 e. The first kappa shape index (κ1) is 15.5. The van der Waals surface area contributed by atoms with Crippen LogP contribution in [0.5, 0.6) is 0 Å². The average Bonchev–Trinajstić information content (AvgIpc) is 2.38. The molecule has 5 nitrogen and oxygen atoms in total. The van der Waals surface area contributed by atoms with E-state index in [1.165, 1.54) is 14.0 Å². The molecule has 0 aliphatic heterocycles. The lowest BCUT2D eigenvalue weighted by Gasteiger charge is -2.19. The van der Waals surface area contributed by atoms with Crippen LogP contribution in [-0.4, -0.2) is 30.7 Å². The largest absolute Gasteiger partial charge is 0.481 e. The Morgan fingerprint density at radius 1 is 1.37 bits per heavy atom. The summed E-state index contributed by atoms with van der Waals surface area (Å²) in [7, 11) is 1.51. The molecule has 0 aliphatic carbocycles. The minimum absolute atomic E-state index is 0.250. The molecule has 0 bridgehead atoms. The molecule has 104 valence electrons. The number of nitrogens with one attached hydrogen (secondary N) is 1. The number of hydrogen-bond acceptors (Lipinski definition) is 3. The number of amides is 1. The Balaban J connectivity index is 2.81. The fraction of sp³-hybridized carbons (Fsp3) is 0.385. The van der Waals surface area contributed by atoms with E-state index >= 15 is 0 Å². The molecule has 1 amide bonds. The van der Waals surface area contributed by atoms with Gasteiger partial charge in [0.05, 0.1) is 12.6 Å². The number of ether oxygens (including phenoxy) is 1. The first-order valence-electron chi connectivity index (χ1n) is 5.73. The molecule has 6 heteroatoms. The Morgan fingerprint density at radius 3 is 2.42 bits per heavy atom. The molecule has 0 fully saturated rings. The zero-order chi connectivity index (χ0) is 14.4. The van der Waals surface area contributed by atoms with E-state index in [0.717, 1.165) is 5.56 Å². The third-order valence-electron chi connectivity index (χ3n) is 2.69. The predicted molar refractivity (Wildman–Crippen MR) is 71.0 cm³/mol. The van der Waals surface area contributed by atoms with Crippen molar-refractivity contribution in [2.24, 2.45) is 5.92 Å². The van der Waals surface area contributed by atoms with Crippen molar-refractivity contribution in [1.29, 1.82) is 0 Å². The Hall–Kier alpha value is -1.59. The van der Waals surface area contributed by atoms with Crippen LogP contribution in [0.2, 0.25) is 5.02 Å². The van der Waals surface area contributed by atoms with Crippen LogP contribution < -0.4 is 5.32 Å². The summed E-state index contributed by atoms with van der Waals surface area (Å²) in [6.07, 6.45) is 0. The van der Waals surface area contributed by atoms with Gasteiger partial charge in [0.15, 0.2) is 0 Å². The molecule has 2 N–H and O–H groups in total. The molecular formula is C13H16ClNO4. The molecule has 0 saturated carbocycles. The van der Waals surface area contributed by atoms with E-state index in [1.807, 2.05) is 0 Å². The van der Waals surface area contributed by atoms with Gasteiger partial charge in [0.1, 0.15) is 5.92 Å². The summed E-state index contributed by atoms with van der Waals surface area (Å²) in [6.45, 7) is 1.59. The summed E-state index contributed by atoms with van der Waals surface area (Å²) in [4.78, 5) is 22.5. The lowest BCUT2D eigenvalue weighted by molar-refractivity contribution is -0.146. The van der Waals surface area contributed by atoms with Gasteiger partial charge in [-0.05, 0) is 24.6 Å². The molecule has 0 radical (unpaired) electrons. The number of carboxylic acids is 1. The van der Waals surface area contributed by atoms with Crippen molar-refractivity contribution >= 4 is 23.5 Å². The van der Waals surface area contributed by atoms with Gasteiger partial charge in [-0.15, -0.1) is 0 Å². The smallest absolute Gasteiger partial charge is 0.315 e. The molecule has 1 rings (SSSR count). The summed E-state index contributed by atoms with van der Waals surface area (Å²) in [5.41, 5.74) is 0.803. The lowest BCUT2D eigenvalue weighted by Crippen LogP contribution is -2.37. The molecule has 0 spiro atoms. The van der Waals surface area contributed by atoms with Crippen LogP contribution in [-0.2, 0) is 14.3 Å². The maximum absolute atomic E-state index is 11.7. The first-order valence-corrected chi connectivity index (χ1v) is 6.11. The van der Waals surface area contributed by atoms with Crippen molar-refractivity contribution in [3.8, 4) is 0 Å². The molecule has 0 aromatic heterocycles. The topological polar surface area (TPSA) is 75.6 Å². The number of carbonyl (C=O) groups excluding carboxylic acids is 1. The maximum atomic E-state index is 11.7. The highest BCUT2D eigenvalue weighted by Crippen LogP contribution is 2.17. The number of aliphatic carboxylic acids is 1. The molecule has 0 aliphatic rings. The van der Waals surface area contributed by atoms with Gasteiger partial charge in [-0.3, -0.25) is 9.59 Å². The summed E-state index contributed by atoms with van der Waals surface area (Å²) in [5.74, 6) is -2.82. The summed E-state index contributed by atoms with van der Waals surface area (Å²) >= 11 is 5.79. The van der Waals surface area contributed by atoms with Crippen molar-refractivity contribution in [3.05, 3.63) is 34.9 Å². The van der Waals surface area contributed by atoms with E-state index in [9.17, 15) is 9.59 Å². The third kappa shape index (κ3) is 4.54. The van der Waals surface area contributed by atoms with E-state index in [4.69, 9.17) is 21.4 Å². The standard InChI is InChI=1S/C13H16ClNO4/c1-8(13(17)18)12(16)15-11(7-19-2)9-3-5-10(14)6-4-9/h3-6,8,11H,7H2,1-2H3,(H,15,16)(H,17,18). The number of carbonyl (C=O) groups is 2. The molecule has 0 heterocycles. The van der Waals surface area contributed by atoms with Crippen molar-refractivity contribution in [2.75, 3.05) is 13.7 Å². The highest BCUT2D eigenvalue weighted by Gasteiger charge is 2.23. The first-order chi connectivity index (χ1) is 8.95. The van der Waals surface area contributed by atoms with Gasteiger partial charge in [-0.1, -0.05) is 23.7 Å². The zero-order valence-electron chi connectivity index (χ0n) is 10.7. The average molecular weight is 286 g/mol. The Bertz CT molecular complexity index is 446. The number of halogens is 1. The quantitative estimate of drug-likeness (QED) is 0.782. The Kier molecular flexibility index (Phi) is 5.79. The van der Waals surface area contributed by atoms with Gasteiger partial charge in [-0.25, -0.2) is 0 Å². The second-order valence-electron chi connectivity index (χ2n) is 4.13. The lowest BCUT2D eigenvalue weighted by atomic mass is 10.1. The summed E-state index contributed by atoms with van der Waals surface area (Å²) < 4.78 is 5.03. The van der Waals surface area contributed by atoms with Gasteiger partial charge >= 0.3 is 5.97 Å². The second-order valence-corrected chi connectivity index (χ2v) is 4.56. The van der Waals surface area contributed by atoms with Gasteiger partial charge in [0.2, 0.25) is 5.91 Å². The van der Waals surface area contributed by atoms with Crippen molar-refractivity contribution in [1.82, 2.24) is 5.32 Å². The van der Waals surface area contributed by atoms with Crippen LogP contribution in [0.15, 0.2) is 24.3 Å². The van der Waals surface area contributed by atoms with Gasteiger partial charge in [0.25, 0.3) is 0 Å². The normalized spacial score (nSPS) is 13.6. The van der Waals surface area contributed by atoms with E-state index < -0.39 is 23.8 Å². The van der Waals surface area contributed by atoms with Crippen LogP contribution in [0, 0.1) is 5.92 Å². The Labute approximate surface area is 116 Å². The van der Waals surface area contributed by atoms with Crippen LogP contribution >= 0.6 is 11.6 Å². The molecule has 1 aromatic rings. The molecule has 2 atom stereocenters. The molecule has 0 saturated heterocycles. The predicted octanol–water partition coefficient (Wildman–Crippen LogP) is 1.86. The van der Waals surface area contributed by atoms with Crippen molar-refractivity contribution < 1.29 is 19.4 Å². The van der Waals surface area contributed by atoms with Crippen molar-refractivity contribution in [3.63, 3.8) is 0 Å². The van der Waals surface area contributed by atoms with Crippen molar-refractivity contribution in [2.45, 2.75) is 13.0 Å². The molecule has 19 heavy (non-hydrogen) atoms. The van der Waals surface area contributed by atoms with Crippen LogP contribution in [0.4, 0.5) is 0 Å². The SMILES string of the molecule is COCC(NC(=O)C(C)C(=O)O)c1ccc(Cl)cc1. The van der Waals surface area contributed by atoms with Crippen LogP contribution in [0.3, 0.4) is 0 Å². The fourth-order valence-electron chi connectivity index (χ4n) is 1.49. The van der Waals surface area contributed by atoms with E-state index in [0.29, 0.717) is 5.02 Å². The minimum atomic E-state index is -1.16. The molecule has 1 aromatic carbocycles. The number of hydrogen-bond donors (Lipinski definition) is 2. The molecular weight excluding hydrogens is 270 g/mol. The Morgan fingerprint density at radius 2 is 1.95 bits per heavy atom. The molecule has 2 unspecified atom stereocenters. The number of carboxylic acid groups (broad SMARTS) is 1. The van der Waals surface area contributed by atoms with Gasteiger partial charge < -0.3 is 15.2 Å². The number of benzene rings is 1. The van der Waals surface area contributed by atoms with Gasteiger partial charge in [-0.2, -0.15) is 0 Å². The second kappa shape index (κ2) is 7.11. The van der Waals surface area contributed by atoms with Crippen LogP contribution in [0.25, 0.3) is 0 Å². The van der Waals surface area contributed by atoms with E-state index in [-0.39, 0.29) is 6.61 Å². The number of rotatable bonds is 6. The van der Waals surface area contributed by atoms with Gasteiger partial charge in [0, 0.05) is 12.1 Å². The monoisotopic (exact) mass is 285 g/mol. The van der Waals surface area contributed by atoms with E-state index in [2.05, 4.69) is 5.32 Å². The zero-order valence-corrected chi connectivity index (χ0v) is 11.5. The van der Waals surface area contributed by atoms with E-state index in [1.54, 1.807) is 24.3 Å². The summed E-state index contributed by atoms with van der Waals surface area (Å²) in [5, 5.41) is 12.0. The van der Waals surface area contributed by atoms with Crippen LogP contribution in [0.1, 0.15) is 18.5 Å².